The molecule has 0 saturated carbocycles. The molecule has 2 aromatic carbocycles. The Morgan fingerprint density at radius 1 is 1.20 bits per heavy atom. The molecule has 1 aromatic heterocycles. The molecule has 0 atom stereocenters. The molecule has 0 radical (unpaired) electrons. The number of non-ortho nitro benzene ring substituents is 1. The van der Waals surface area contributed by atoms with Crippen molar-refractivity contribution in [1.82, 2.24) is 15.2 Å². The van der Waals surface area contributed by atoms with Crippen LogP contribution in [0.4, 0.5) is 15.2 Å². The third-order valence-corrected chi connectivity index (χ3v) is 6.12. The number of anilines is 1. The lowest BCUT2D eigenvalue weighted by atomic mass is 10.2. The molecule has 1 amide bonds. The highest BCUT2D eigenvalue weighted by Gasteiger charge is 2.20. The largest absolute Gasteiger partial charge is 0.351 e. The van der Waals surface area contributed by atoms with Crippen molar-refractivity contribution in [1.29, 1.82) is 0 Å². The van der Waals surface area contributed by atoms with Gasteiger partial charge in [-0.15, -0.1) is 0 Å². The summed E-state index contributed by atoms with van der Waals surface area (Å²) < 4.78 is 14.7. The molecule has 1 saturated heterocycles. The molecule has 0 aliphatic carbocycles. The number of benzene rings is 2. The van der Waals surface area contributed by atoms with E-state index in [2.05, 4.69) is 20.1 Å². The minimum atomic E-state index is -0.518. The molecule has 1 fully saturated rings. The van der Waals surface area contributed by atoms with Crippen LogP contribution in [0.25, 0.3) is 10.2 Å². The number of aromatic nitrogens is 1. The number of para-hydroxylation sites is 1. The Morgan fingerprint density at radius 2 is 1.97 bits per heavy atom. The van der Waals surface area contributed by atoms with Gasteiger partial charge in [-0.2, -0.15) is 0 Å². The number of hydrogen-bond acceptors (Lipinski definition) is 7. The van der Waals surface area contributed by atoms with Gasteiger partial charge in [0.15, 0.2) is 5.13 Å². The molecule has 0 spiro atoms. The van der Waals surface area contributed by atoms with Crippen LogP contribution in [-0.2, 0) is 0 Å². The molecule has 10 heteroatoms. The van der Waals surface area contributed by atoms with E-state index in [0.717, 1.165) is 36.0 Å². The third-order valence-electron chi connectivity index (χ3n) is 5.03. The second kappa shape index (κ2) is 8.72. The van der Waals surface area contributed by atoms with Crippen molar-refractivity contribution < 1.29 is 14.1 Å². The van der Waals surface area contributed by atoms with E-state index in [1.54, 1.807) is 12.1 Å². The molecule has 0 bridgehead atoms. The van der Waals surface area contributed by atoms with Crippen molar-refractivity contribution in [3.63, 3.8) is 0 Å². The van der Waals surface area contributed by atoms with Gasteiger partial charge >= 0.3 is 0 Å². The van der Waals surface area contributed by atoms with Crippen molar-refractivity contribution in [3.8, 4) is 0 Å². The Labute approximate surface area is 176 Å². The third kappa shape index (κ3) is 4.39. The van der Waals surface area contributed by atoms with Gasteiger partial charge in [0.05, 0.1) is 9.62 Å². The summed E-state index contributed by atoms with van der Waals surface area (Å²) in [6, 6.07) is 10.7. The number of carbonyl (C=O) groups is 1. The molecule has 3 aromatic rings. The number of piperazine rings is 1. The van der Waals surface area contributed by atoms with Gasteiger partial charge in [0.25, 0.3) is 11.6 Å². The van der Waals surface area contributed by atoms with E-state index in [0.29, 0.717) is 18.6 Å². The SMILES string of the molecule is O=C(NCCN1CCN(c2nc3c(F)cccc3s2)CC1)c1cccc([N+](=O)[O-])c1. The average Bonchev–Trinajstić information content (AvgIpc) is 3.20. The smallest absolute Gasteiger partial charge is 0.270 e. The zero-order valence-corrected chi connectivity index (χ0v) is 16.9. The number of carbonyl (C=O) groups excluding carboxylic acids is 1. The number of halogens is 1. The lowest BCUT2D eigenvalue weighted by molar-refractivity contribution is -0.384. The minimum absolute atomic E-state index is 0.103. The van der Waals surface area contributed by atoms with Gasteiger partial charge in [-0.25, -0.2) is 9.37 Å². The molecule has 8 nitrogen and oxygen atoms in total. The van der Waals surface area contributed by atoms with Crippen LogP contribution in [0.1, 0.15) is 10.4 Å². The van der Waals surface area contributed by atoms with Crippen molar-refractivity contribution in [2.45, 2.75) is 0 Å². The Hall–Kier alpha value is -3.11. The fraction of sp³-hybridized carbons (Fsp3) is 0.300. The standard InChI is InChI=1S/C20H20FN5O3S/c21-16-5-2-6-17-18(16)23-20(30-17)25-11-9-24(10-12-25)8-7-22-19(27)14-3-1-4-15(13-14)26(28)29/h1-6,13H,7-12H2,(H,22,27). The zero-order valence-electron chi connectivity index (χ0n) is 16.1. The maximum absolute atomic E-state index is 13.9. The van der Waals surface area contributed by atoms with E-state index < -0.39 is 4.92 Å². The number of hydrogen-bond donors (Lipinski definition) is 1. The van der Waals surface area contributed by atoms with Crippen LogP contribution >= 0.6 is 11.3 Å². The maximum atomic E-state index is 13.9. The Kier molecular flexibility index (Phi) is 5.86. The summed E-state index contributed by atoms with van der Waals surface area (Å²) in [4.78, 5) is 31.4. The van der Waals surface area contributed by atoms with Gasteiger partial charge < -0.3 is 10.2 Å². The quantitative estimate of drug-likeness (QED) is 0.479. The van der Waals surface area contributed by atoms with E-state index in [1.165, 1.54) is 35.6 Å². The number of nitrogens with one attached hydrogen (secondary N) is 1. The first-order valence-corrected chi connectivity index (χ1v) is 10.4. The first-order chi connectivity index (χ1) is 14.5. The van der Waals surface area contributed by atoms with Gasteiger partial charge in [0.2, 0.25) is 0 Å². The average molecular weight is 429 g/mol. The van der Waals surface area contributed by atoms with Gasteiger partial charge in [0, 0.05) is 57.0 Å². The molecule has 1 aliphatic heterocycles. The maximum Gasteiger partial charge on any atom is 0.270 e. The van der Waals surface area contributed by atoms with E-state index in [9.17, 15) is 19.3 Å². The number of rotatable bonds is 6. The van der Waals surface area contributed by atoms with Crippen molar-refractivity contribution in [3.05, 3.63) is 64.0 Å². The Bertz CT molecular complexity index is 1080. The first kappa shape index (κ1) is 20.2. The highest BCUT2D eigenvalue weighted by molar-refractivity contribution is 7.22. The van der Waals surface area contributed by atoms with Crippen LogP contribution in [0.15, 0.2) is 42.5 Å². The van der Waals surface area contributed by atoms with Crippen LogP contribution in [0.3, 0.4) is 0 Å². The van der Waals surface area contributed by atoms with E-state index in [4.69, 9.17) is 0 Å². The van der Waals surface area contributed by atoms with Crippen molar-refractivity contribution in [2.75, 3.05) is 44.2 Å². The number of amides is 1. The highest BCUT2D eigenvalue weighted by Crippen LogP contribution is 2.30. The van der Waals surface area contributed by atoms with E-state index in [-0.39, 0.29) is 23.0 Å². The summed E-state index contributed by atoms with van der Waals surface area (Å²) in [5.41, 5.74) is 0.592. The summed E-state index contributed by atoms with van der Waals surface area (Å²) in [5, 5.41) is 14.5. The fourth-order valence-corrected chi connectivity index (χ4v) is 4.42. The summed E-state index contributed by atoms with van der Waals surface area (Å²) in [7, 11) is 0. The number of nitrogens with zero attached hydrogens (tertiary/aromatic N) is 4. The van der Waals surface area contributed by atoms with E-state index >= 15 is 0 Å². The molecule has 1 N–H and O–H groups in total. The minimum Gasteiger partial charge on any atom is -0.351 e. The predicted octanol–water partition coefficient (Wildman–Crippen LogP) is 2.90. The van der Waals surface area contributed by atoms with E-state index in [1.807, 2.05) is 6.07 Å². The van der Waals surface area contributed by atoms with Crippen LogP contribution in [-0.4, -0.2) is 60.0 Å². The first-order valence-electron chi connectivity index (χ1n) is 9.56. The highest BCUT2D eigenvalue weighted by atomic mass is 32.1. The number of nitro benzene ring substituents is 1. The molecule has 4 rings (SSSR count). The van der Waals surface area contributed by atoms with Gasteiger partial charge in [-0.3, -0.25) is 19.8 Å². The Balaban J connectivity index is 1.26. The van der Waals surface area contributed by atoms with Gasteiger partial charge in [-0.05, 0) is 18.2 Å². The summed E-state index contributed by atoms with van der Waals surface area (Å²) in [5.74, 6) is -0.623. The monoisotopic (exact) mass is 429 g/mol. The van der Waals surface area contributed by atoms with Gasteiger partial charge in [-0.1, -0.05) is 23.5 Å². The lowest BCUT2D eigenvalue weighted by Gasteiger charge is -2.34. The van der Waals surface area contributed by atoms with Crippen LogP contribution in [0.2, 0.25) is 0 Å². The zero-order chi connectivity index (χ0) is 21.1. The molecule has 1 aliphatic rings. The van der Waals surface area contributed by atoms with Crippen LogP contribution in [0, 0.1) is 15.9 Å². The fourth-order valence-electron chi connectivity index (χ4n) is 3.39. The molecular weight excluding hydrogens is 409 g/mol. The summed E-state index contributed by atoms with van der Waals surface area (Å²) in [6.45, 7) is 4.31. The van der Waals surface area contributed by atoms with Gasteiger partial charge in [0.1, 0.15) is 11.3 Å². The summed E-state index contributed by atoms with van der Waals surface area (Å²) in [6.07, 6.45) is 0. The Morgan fingerprint density at radius 3 is 2.70 bits per heavy atom. The second-order valence-corrected chi connectivity index (χ2v) is 7.98. The molecule has 30 heavy (non-hydrogen) atoms. The molecule has 0 unspecified atom stereocenters. The topological polar surface area (TPSA) is 91.6 Å². The second-order valence-electron chi connectivity index (χ2n) is 6.98. The molecule has 2 heterocycles. The summed E-state index contributed by atoms with van der Waals surface area (Å²) >= 11 is 1.49. The number of nitro groups is 1. The predicted molar refractivity (Wildman–Crippen MR) is 114 cm³/mol. The number of fused-ring (bicyclic) bond motifs is 1. The van der Waals surface area contributed by atoms with Crippen molar-refractivity contribution in [2.24, 2.45) is 0 Å². The van der Waals surface area contributed by atoms with Crippen molar-refractivity contribution >= 4 is 38.3 Å². The molecular formula is C20H20FN5O3S. The number of thiazole rings is 1. The van der Waals surface area contributed by atoms with Crippen LogP contribution in [0.5, 0.6) is 0 Å². The molecule has 156 valence electrons. The van der Waals surface area contributed by atoms with Crippen LogP contribution < -0.4 is 10.2 Å². The normalized spacial score (nSPS) is 14.8. The lowest BCUT2D eigenvalue weighted by Crippen LogP contribution is -2.48.